The molecule has 0 radical (unpaired) electrons. The molecule has 2 aromatic rings. The quantitative estimate of drug-likeness (QED) is 0.402. The number of rotatable bonds is 6. The van der Waals surface area contributed by atoms with E-state index in [1.165, 1.54) is 18.9 Å². The van der Waals surface area contributed by atoms with Gasteiger partial charge in [-0.25, -0.2) is 4.79 Å². The number of carbonyl (C=O) groups excluding carboxylic acids is 2. The number of hydrogen-bond acceptors (Lipinski definition) is 5. The molecule has 6 heteroatoms. The molecule has 0 amide bonds. The Labute approximate surface area is 178 Å². The van der Waals surface area contributed by atoms with Crippen molar-refractivity contribution in [3.05, 3.63) is 60.7 Å². The Morgan fingerprint density at radius 1 is 1.03 bits per heavy atom. The van der Waals surface area contributed by atoms with Gasteiger partial charge in [0.2, 0.25) is 0 Å². The molecule has 0 aromatic heterocycles. The Hall–Kier alpha value is -1.89. The predicted molar refractivity (Wildman–Crippen MR) is 120 cm³/mol. The van der Waals surface area contributed by atoms with Crippen molar-refractivity contribution in [1.29, 1.82) is 0 Å². The average molecular weight is 429 g/mol. The number of ketones is 1. The summed E-state index contributed by atoms with van der Waals surface area (Å²) in [5, 5.41) is 2.02. The maximum atomic E-state index is 12.7. The van der Waals surface area contributed by atoms with E-state index in [-0.39, 0.29) is 17.4 Å². The van der Waals surface area contributed by atoms with Crippen LogP contribution in [0.1, 0.15) is 27.2 Å². The Balaban J connectivity index is 2.14. The van der Waals surface area contributed by atoms with Crippen LogP contribution in [0.2, 0.25) is 5.04 Å². The minimum atomic E-state index is -2.83. The first-order valence-corrected chi connectivity index (χ1v) is 12.7. The fraction of sp³-hybridized carbons (Fsp3) is 0.391. The fourth-order valence-electron chi connectivity index (χ4n) is 4.09. The number of methoxy groups -OCH3 is 1. The predicted octanol–water partition coefficient (Wildman–Crippen LogP) is 3.18. The third kappa shape index (κ3) is 3.81. The van der Waals surface area contributed by atoms with E-state index in [2.05, 4.69) is 45.0 Å². The van der Waals surface area contributed by atoms with E-state index < -0.39 is 19.0 Å². The van der Waals surface area contributed by atoms with Crippen molar-refractivity contribution in [3.8, 4) is 0 Å². The lowest BCUT2D eigenvalue weighted by Crippen LogP contribution is -2.68. The third-order valence-corrected chi connectivity index (χ3v) is 11.9. The molecular formula is C23H28O4SSi. The highest BCUT2D eigenvalue weighted by Gasteiger charge is 2.56. The van der Waals surface area contributed by atoms with Gasteiger partial charge in [0.05, 0.1) is 13.7 Å². The molecule has 29 heavy (non-hydrogen) atoms. The molecule has 0 spiro atoms. The van der Waals surface area contributed by atoms with Crippen LogP contribution >= 0.6 is 11.8 Å². The normalized spacial score (nSPS) is 19.9. The minimum absolute atomic E-state index is 0.0243. The van der Waals surface area contributed by atoms with Gasteiger partial charge in [0.15, 0.2) is 10.5 Å². The fourth-order valence-corrected chi connectivity index (χ4v) is 10.0. The zero-order valence-corrected chi connectivity index (χ0v) is 19.3. The van der Waals surface area contributed by atoms with Gasteiger partial charge in [0, 0.05) is 12.2 Å². The SMILES string of the molecule is COC(=O)C1(CO[Si](c2ccccc2)(c2ccccc2)C(C)(C)C)SCCC1=O. The summed E-state index contributed by atoms with van der Waals surface area (Å²) in [5.74, 6) is -0.00637. The van der Waals surface area contributed by atoms with E-state index in [1.807, 2.05) is 36.4 Å². The van der Waals surface area contributed by atoms with Crippen LogP contribution in [0, 0.1) is 0 Å². The van der Waals surface area contributed by atoms with Crippen molar-refractivity contribution in [3.63, 3.8) is 0 Å². The van der Waals surface area contributed by atoms with Gasteiger partial charge in [-0.05, 0) is 15.4 Å². The second-order valence-electron chi connectivity index (χ2n) is 8.29. The third-order valence-electron chi connectivity index (χ3n) is 5.55. The van der Waals surface area contributed by atoms with E-state index in [1.54, 1.807) is 0 Å². The summed E-state index contributed by atoms with van der Waals surface area (Å²) in [6, 6.07) is 20.4. The van der Waals surface area contributed by atoms with E-state index in [0.717, 1.165) is 10.4 Å². The van der Waals surface area contributed by atoms with Crippen LogP contribution in [0.3, 0.4) is 0 Å². The average Bonchev–Trinajstić information content (AvgIpc) is 3.10. The van der Waals surface area contributed by atoms with Gasteiger partial charge in [-0.1, -0.05) is 81.4 Å². The molecule has 1 atom stereocenters. The molecule has 1 heterocycles. The Morgan fingerprint density at radius 3 is 1.93 bits per heavy atom. The molecule has 1 aliphatic rings. The van der Waals surface area contributed by atoms with Crippen molar-refractivity contribution in [2.24, 2.45) is 0 Å². The molecule has 3 rings (SSSR count). The van der Waals surface area contributed by atoms with Crippen molar-refractivity contribution < 1.29 is 18.8 Å². The summed E-state index contributed by atoms with van der Waals surface area (Å²) in [6.07, 6.45) is 0.365. The maximum absolute atomic E-state index is 12.7. The topological polar surface area (TPSA) is 52.6 Å². The van der Waals surface area contributed by atoms with E-state index in [0.29, 0.717) is 12.2 Å². The Bertz CT molecular complexity index is 824. The number of Topliss-reactive ketones (excluding diaryl/α,β-unsaturated/α-hetero) is 1. The molecule has 1 fully saturated rings. The number of esters is 1. The lowest BCUT2D eigenvalue weighted by Gasteiger charge is -2.44. The molecule has 0 aliphatic carbocycles. The maximum Gasteiger partial charge on any atom is 0.331 e. The molecule has 154 valence electrons. The molecule has 0 N–H and O–H groups in total. The number of hydrogen-bond donors (Lipinski definition) is 0. The Kier molecular flexibility index (Phi) is 6.36. The van der Waals surface area contributed by atoms with Crippen LogP contribution < -0.4 is 10.4 Å². The van der Waals surface area contributed by atoms with Gasteiger partial charge in [-0.3, -0.25) is 4.79 Å². The molecule has 1 saturated heterocycles. The van der Waals surface area contributed by atoms with Gasteiger partial charge in [0.25, 0.3) is 8.32 Å². The minimum Gasteiger partial charge on any atom is -0.468 e. The van der Waals surface area contributed by atoms with Gasteiger partial charge < -0.3 is 9.16 Å². The van der Waals surface area contributed by atoms with Crippen LogP contribution in [0.25, 0.3) is 0 Å². The van der Waals surface area contributed by atoms with Crippen LogP contribution in [0.15, 0.2) is 60.7 Å². The highest BCUT2D eigenvalue weighted by Crippen LogP contribution is 2.41. The molecule has 1 aliphatic heterocycles. The Morgan fingerprint density at radius 2 is 1.55 bits per heavy atom. The molecule has 0 saturated carbocycles. The lowest BCUT2D eigenvalue weighted by atomic mass is 10.0. The number of thioether (sulfide) groups is 1. The lowest BCUT2D eigenvalue weighted by molar-refractivity contribution is -0.147. The van der Waals surface area contributed by atoms with E-state index >= 15 is 0 Å². The first kappa shape index (κ1) is 21.8. The van der Waals surface area contributed by atoms with E-state index in [9.17, 15) is 9.59 Å². The van der Waals surface area contributed by atoms with Crippen LogP contribution in [0.5, 0.6) is 0 Å². The molecule has 1 unspecified atom stereocenters. The summed E-state index contributed by atoms with van der Waals surface area (Å²) in [7, 11) is -1.49. The first-order chi connectivity index (χ1) is 13.8. The van der Waals surface area contributed by atoms with Gasteiger partial charge in [0.1, 0.15) is 0 Å². The molecular weight excluding hydrogens is 400 g/mol. The first-order valence-electron chi connectivity index (χ1n) is 9.78. The zero-order valence-electron chi connectivity index (χ0n) is 17.4. The highest BCUT2D eigenvalue weighted by atomic mass is 32.2. The molecule has 4 nitrogen and oxygen atoms in total. The largest absolute Gasteiger partial charge is 0.468 e. The zero-order chi connectivity index (χ0) is 21.1. The number of ether oxygens (including phenoxy) is 1. The van der Waals surface area contributed by atoms with Crippen molar-refractivity contribution in [2.75, 3.05) is 19.5 Å². The summed E-state index contributed by atoms with van der Waals surface area (Å²) < 4.78 is 10.6. The van der Waals surface area contributed by atoms with Crippen molar-refractivity contribution >= 4 is 42.2 Å². The van der Waals surface area contributed by atoms with Crippen LogP contribution in [-0.4, -0.2) is 44.3 Å². The van der Waals surface area contributed by atoms with Crippen molar-refractivity contribution in [2.45, 2.75) is 37.0 Å². The second kappa shape index (κ2) is 8.46. The highest BCUT2D eigenvalue weighted by molar-refractivity contribution is 8.02. The second-order valence-corrected chi connectivity index (χ2v) is 14.0. The monoisotopic (exact) mass is 428 g/mol. The summed E-state index contributed by atoms with van der Waals surface area (Å²) >= 11 is 1.35. The number of benzene rings is 2. The van der Waals surface area contributed by atoms with Crippen LogP contribution in [0.4, 0.5) is 0 Å². The van der Waals surface area contributed by atoms with Gasteiger partial charge in [-0.2, -0.15) is 0 Å². The smallest absolute Gasteiger partial charge is 0.331 e. The van der Waals surface area contributed by atoms with Gasteiger partial charge in [-0.15, -0.1) is 11.8 Å². The summed E-state index contributed by atoms with van der Waals surface area (Å²) in [6.45, 7) is 6.55. The van der Waals surface area contributed by atoms with E-state index in [4.69, 9.17) is 9.16 Å². The van der Waals surface area contributed by atoms with Crippen molar-refractivity contribution in [1.82, 2.24) is 0 Å². The van der Waals surface area contributed by atoms with Crippen LogP contribution in [-0.2, 0) is 18.8 Å². The molecule has 0 bridgehead atoms. The van der Waals surface area contributed by atoms with Gasteiger partial charge >= 0.3 is 5.97 Å². The molecule has 2 aromatic carbocycles. The number of carbonyl (C=O) groups is 2. The standard InChI is InChI=1S/C23H28O4SSi/c1-22(2,3)29(18-11-7-5-8-12-18,19-13-9-6-10-14-19)27-17-23(21(25)26-4)20(24)15-16-28-23/h5-14H,15-17H2,1-4H3. The summed E-state index contributed by atoms with van der Waals surface area (Å²) in [5.41, 5.74) is 0. The summed E-state index contributed by atoms with van der Waals surface area (Å²) in [4.78, 5) is 25.4.